The van der Waals surface area contributed by atoms with E-state index in [4.69, 9.17) is 5.73 Å². The summed E-state index contributed by atoms with van der Waals surface area (Å²) in [5.74, 6) is -0.219. The van der Waals surface area contributed by atoms with Crippen LogP contribution in [-0.2, 0) is 13.0 Å². The van der Waals surface area contributed by atoms with Crippen LogP contribution < -0.4 is 5.73 Å². The minimum Gasteiger partial charge on any atom is -0.326 e. The zero-order valence-corrected chi connectivity index (χ0v) is 10.6. The van der Waals surface area contributed by atoms with Crippen LogP contribution in [0.1, 0.15) is 24.5 Å². The molecule has 18 heavy (non-hydrogen) atoms. The van der Waals surface area contributed by atoms with Gasteiger partial charge in [0.15, 0.2) is 0 Å². The van der Waals surface area contributed by atoms with Gasteiger partial charge in [0, 0.05) is 6.54 Å². The molecule has 0 aliphatic carbocycles. The molecule has 0 fully saturated rings. The fraction of sp³-hybridized carbons (Fsp3) is 0.250. The molecule has 0 aliphatic rings. The summed E-state index contributed by atoms with van der Waals surface area (Å²) in [6, 6.07) is 13.0. The lowest BCUT2D eigenvalue weighted by Gasteiger charge is -2.10. The molecule has 1 nitrogen and oxygen atoms in total. The second kappa shape index (κ2) is 5.78. The summed E-state index contributed by atoms with van der Waals surface area (Å²) in [6.07, 6.45) is 2.15. The molecule has 2 aromatic rings. The molecule has 0 saturated heterocycles. The molecule has 2 heteroatoms. The Labute approximate surface area is 107 Å². The van der Waals surface area contributed by atoms with Crippen LogP contribution in [0.2, 0.25) is 0 Å². The van der Waals surface area contributed by atoms with Crippen molar-refractivity contribution in [2.24, 2.45) is 5.73 Å². The molecule has 2 aromatic carbocycles. The fourth-order valence-corrected chi connectivity index (χ4v) is 2.18. The van der Waals surface area contributed by atoms with E-state index in [1.54, 1.807) is 12.1 Å². The Bertz CT molecular complexity index is 534. The summed E-state index contributed by atoms with van der Waals surface area (Å²) in [7, 11) is 0. The van der Waals surface area contributed by atoms with Crippen molar-refractivity contribution in [1.29, 1.82) is 0 Å². The molecule has 0 saturated carbocycles. The van der Waals surface area contributed by atoms with Crippen LogP contribution in [0.3, 0.4) is 0 Å². The maximum atomic E-state index is 13.4. The minimum atomic E-state index is -0.219. The van der Waals surface area contributed by atoms with E-state index in [0.717, 1.165) is 29.5 Å². The van der Waals surface area contributed by atoms with E-state index in [0.29, 0.717) is 6.54 Å². The molecule has 0 heterocycles. The summed E-state index contributed by atoms with van der Waals surface area (Å²) >= 11 is 0. The van der Waals surface area contributed by atoms with E-state index in [1.165, 1.54) is 11.6 Å². The molecule has 0 radical (unpaired) electrons. The molecule has 2 N–H and O–H groups in total. The van der Waals surface area contributed by atoms with Crippen molar-refractivity contribution in [2.45, 2.75) is 26.3 Å². The van der Waals surface area contributed by atoms with E-state index >= 15 is 0 Å². The number of rotatable bonds is 4. The monoisotopic (exact) mass is 243 g/mol. The van der Waals surface area contributed by atoms with Crippen molar-refractivity contribution >= 4 is 0 Å². The quantitative estimate of drug-likeness (QED) is 0.865. The van der Waals surface area contributed by atoms with Gasteiger partial charge < -0.3 is 5.73 Å². The molecule has 0 unspecified atom stereocenters. The van der Waals surface area contributed by atoms with Crippen LogP contribution in [0.4, 0.5) is 4.39 Å². The topological polar surface area (TPSA) is 26.0 Å². The van der Waals surface area contributed by atoms with Crippen molar-refractivity contribution in [2.75, 3.05) is 0 Å². The average molecular weight is 243 g/mol. The number of aryl methyl sites for hydroxylation is 1. The third-order valence-corrected chi connectivity index (χ3v) is 3.07. The van der Waals surface area contributed by atoms with Crippen molar-refractivity contribution in [3.8, 4) is 11.1 Å². The Morgan fingerprint density at radius 3 is 2.67 bits per heavy atom. The zero-order chi connectivity index (χ0) is 13.0. The maximum Gasteiger partial charge on any atom is 0.123 e. The highest BCUT2D eigenvalue weighted by Gasteiger charge is 2.06. The molecular weight excluding hydrogens is 225 g/mol. The van der Waals surface area contributed by atoms with Gasteiger partial charge in [-0.2, -0.15) is 0 Å². The van der Waals surface area contributed by atoms with E-state index in [2.05, 4.69) is 19.1 Å². The van der Waals surface area contributed by atoms with Gasteiger partial charge in [0.05, 0.1) is 0 Å². The van der Waals surface area contributed by atoms with Crippen LogP contribution in [-0.4, -0.2) is 0 Å². The van der Waals surface area contributed by atoms with Crippen LogP contribution >= 0.6 is 0 Å². The molecular formula is C16H18FN. The van der Waals surface area contributed by atoms with Gasteiger partial charge in [0.25, 0.3) is 0 Å². The van der Waals surface area contributed by atoms with Gasteiger partial charge in [-0.05, 0) is 40.8 Å². The van der Waals surface area contributed by atoms with Crippen LogP contribution in [0.5, 0.6) is 0 Å². The predicted octanol–water partition coefficient (Wildman–Crippen LogP) is 3.90. The largest absolute Gasteiger partial charge is 0.326 e. The second-order valence-electron chi connectivity index (χ2n) is 4.46. The standard InChI is InChI=1S/C16H18FN/c1-2-4-12-5-3-6-13(9-12)16-10-15(17)8-7-14(16)11-18/h3,5-10H,2,4,11,18H2,1H3. The van der Waals surface area contributed by atoms with Gasteiger partial charge in [0.2, 0.25) is 0 Å². The summed E-state index contributed by atoms with van der Waals surface area (Å²) in [4.78, 5) is 0. The van der Waals surface area contributed by atoms with Gasteiger partial charge in [-0.25, -0.2) is 4.39 Å². The van der Waals surface area contributed by atoms with Crippen molar-refractivity contribution in [3.05, 3.63) is 59.4 Å². The van der Waals surface area contributed by atoms with E-state index in [-0.39, 0.29) is 5.82 Å². The maximum absolute atomic E-state index is 13.4. The average Bonchev–Trinajstić information content (AvgIpc) is 2.39. The summed E-state index contributed by atoms with van der Waals surface area (Å²) in [5.41, 5.74) is 9.91. The van der Waals surface area contributed by atoms with E-state index in [9.17, 15) is 4.39 Å². The third kappa shape index (κ3) is 2.77. The first kappa shape index (κ1) is 12.8. The molecule has 0 amide bonds. The summed E-state index contributed by atoms with van der Waals surface area (Å²) in [5, 5.41) is 0. The Balaban J connectivity index is 2.47. The van der Waals surface area contributed by atoms with Crippen LogP contribution in [0.25, 0.3) is 11.1 Å². The zero-order valence-electron chi connectivity index (χ0n) is 10.6. The van der Waals surface area contributed by atoms with Crippen molar-refractivity contribution in [1.82, 2.24) is 0 Å². The second-order valence-corrected chi connectivity index (χ2v) is 4.46. The Hall–Kier alpha value is -1.67. The Kier molecular flexibility index (Phi) is 4.11. The number of nitrogens with two attached hydrogens (primary N) is 1. The highest BCUT2D eigenvalue weighted by atomic mass is 19.1. The number of hydrogen-bond donors (Lipinski definition) is 1. The lowest BCUT2D eigenvalue weighted by atomic mass is 9.97. The van der Waals surface area contributed by atoms with Crippen molar-refractivity contribution < 1.29 is 4.39 Å². The lowest BCUT2D eigenvalue weighted by Crippen LogP contribution is -1.99. The highest BCUT2D eigenvalue weighted by Crippen LogP contribution is 2.25. The number of benzene rings is 2. The lowest BCUT2D eigenvalue weighted by molar-refractivity contribution is 0.627. The minimum absolute atomic E-state index is 0.219. The van der Waals surface area contributed by atoms with E-state index in [1.807, 2.05) is 12.1 Å². The summed E-state index contributed by atoms with van der Waals surface area (Å²) in [6.45, 7) is 2.58. The first-order chi connectivity index (χ1) is 8.74. The summed E-state index contributed by atoms with van der Waals surface area (Å²) < 4.78 is 13.4. The predicted molar refractivity (Wildman–Crippen MR) is 73.7 cm³/mol. The van der Waals surface area contributed by atoms with Gasteiger partial charge in [-0.1, -0.05) is 43.7 Å². The molecule has 0 aromatic heterocycles. The third-order valence-electron chi connectivity index (χ3n) is 3.07. The van der Waals surface area contributed by atoms with Crippen LogP contribution in [0.15, 0.2) is 42.5 Å². The van der Waals surface area contributed by atoms with Gasteiger partial charge in [-0.15, -0.1) is 0 Å². The molecule has 0 bridgehead atoms. The van der Waals surface area contributed by atoms with Gasteiger partial charge in [-0.3, -0.25) is 0 Å². The first-order valence-electron chi connectivity index (χ1n) is 6.32. The highest BCUT2D eigenvalue weighted by molar-refractivity contribution is 5.68. The fourth-order valence-electron chi connectivity index (χ4n) is 2.18. The van der Waals surface area contributed by atoms with Crippen molar-refractivity contribution in [3.63, 3.8) is 0 Å². The van der Waals surface area contributed by atoms with E-state index < -0.39 is 0 Å². The number of hydrogen-bond acceptors (Lipinski definition) is 1. The smallest absolute Gasteiger partial charge is 0.123 e. The molecule has 2 rings (SSSR count). The SMILES string of the molecule is CCCc1cccc(-c2cc(F)ccc2CN)c1. The molecule has 94 valence electrons. The van der Waals surface area contributed by atoms with Crippen LogP contribution in [0, 0.1) is 5.82 Å². The molecule has 0 aliphatic heterocycles. The first-order valence-corrected chi connectivity index (χ1v) is 6.32. The normalized spacial score (nSPS) is 10.6. The van der Waals surface area contributed by atoms with Gasteiger partial charge >= 0.3 is 0 Å². The molecule has 0 spiro atoms. The Morgan fingerprint density at radius 1 is 1.11 bits per heavy atom. The van der Waals surface area contributed by atoms with Gasteiger partial charge in [0.1, 0.15) is 5.82 Å². The Morgan fingerprint density at radius 2 is 1.94 bits per heavy atom. The number of halogens is 1. The molecule has 0 atom stereocenters.